The van der Waals surface area contributed by atoms with Crippen molar-refractivity contribution in [3.8, 4) is 0 Å². The Morgan fingerprint density at radius 1 is 1.37 bits per heavy atom. The Balaban J connectivity index is 1.98. The molecule has 1 fully saturated rings. The van der Waals surface area contributed by atoms with Crippen LogP contribution in [0.1, 0.15) is 53.1 Å². The summed E-state index contributed by atoms with van der Waals surface area (Å²) in [5.74, 6) is 0.661. The molecule has 0 bridgehead atoms. The van der Waals surface area contributed by atoms with Gasteiger partial charge in [0.1, 0.15) is 0 Å². The first-order valence-electron chi connectivity index (χ1n) is 6.66. The van der Waals surface area contributed by atoms with Gasteiger partial charge in [-0.3, -0.25) is 9.59 Å². The number of primary amides is 1. The minimum atomic E-state index is -0.491. The number of carbonyl (C=O) groups is 2. The second-order valence-corrected chi connectivity index (χ2v) is 6.45. The number of hydrogen-bond acceptors (Lipinski definition) is 3. The van der Waals surface area contributed by atoms with Crippen LogP contribution in [0.15, 0.2) is 11.4 Å². The standard InChI is InChI=1S/C14H20N2O2S/c1-8-3-4-11(9(2)5-8)16-14(18)12-6-10(7-19-12)13(15)17/h6-9,11H,3-5H2,1-2H3,(H2,15,17)(H,16,18)/t8-,9+,11+/m1/s1. The van der Waals surface area contributed by atoms with Crippen LogP contribution in [0.3, 0.4) is 0 Å². The Hall–Kier alpha value is -1.36. The summed E-state index contributed by atoms with van der Waals surface area (Å²) in [6.45, 7) is 4.44. The Kier molecular flexibility index (Phi) is 4.24. The average molecular weight is 280 g/mol. The van der Waals surface area contributed by atoms with E-state index in [0.717, 1.165) is 25.2 Å². The molecule has 19 heavy (non-hydrogen) atoms. The SMILES string of the molecule is C[C@@H]1CC[C@H](NC(=O)c2cc(C(N)=O)cs2)[C@@H](C)C1. The third-order valence-corrected chi connectivity index (χ3v) is 4.78. The Morgan fingerprint density at radius 2 is 2.11 bits per heavy atom. The van der Waals surface area contributed by atoms with Gasteiger partial charge in [0.25, 0.3) is 5.91 Å². The molecular weight excluding hydrogens is 260 g/mol. The van der Waals surface area contributed by atoms with Crippen LogP contribution >= 0.6 is 11.3 Å². The zero-order valence-electron chi connectivity index (χ0n) is 11.3. The van der Waals surface area contributed by atoms with E-state index >= 15 is 0 Å². The second kappa shape index (κ2) is 5.74. The molecule has 0 saturated heterocycles. The summed E-state index contributed by atoms with van der Waals surface area (Å²) in [6, 6.07) is 1.81. The third-order valence-electron chi connectivity index (χ3n) is 3.86. The van der Waals surface area contributed by atoms with Gasteiger partial charge in [-0.1, -0.05) is 13.8 Å². The van der Waals surface area contributed by atoms with Gasteiger partial charge in [0.15, 0.2) is 0 Å². The molecule has 4 nitrogen and oxygen atoms in total. The molecule has 5 heteroatoms. The summed E-state index contributed by atoms with van der Waals surface area (Å²) in [4.78, 5) is 23.7. The molecule has 1 saturated carbocycles. The maximum atomic E-state index is 12.1. The highest BCUT2D eigenvalue weighted by molar-refractivity contribution is 7.12. The fourth-order valence-corrected chi connectivity index (χ4v) is 3.50. The molecule has 3 N–H and O–H groups in total. The lowest BCUT2D eigenvalue weighted by Crippen LogP contribution is -2.42. The first-order chi connectivity index (χ1) is 8.97. The van der Waals surface area contributed by atoms with Crippen LogP contribution in [-0.2, 0) is 0 Å². The van der Waals surface area contributed by atoms with Crippen molar-refractivity contribution < 1.29 is 9.59 Å². The number of amides is 2. The highest BCUT2D eigenvalue weighted by atomic mass is 32.1. The molecule has 1 aliphatic rings. The van der Waals surface area contributed by atoms with E-state index in [2.05, 4.69) is 19.2 Å². The number of nitrogens with two attached hydrogens (primary N) is 1. The summed E-state index contributed by atoms with van der Waals surface area (Å²) in [5.41, 5.74) is 5.59. The summed E-state index contributed by atoms with van der Waals surface area (Å²) in [6.07, 6.45) is 3.34. The van der Waals surface area contributed by atoms with Gasteiger partial charge in [-0.25, -0.2) is 0 Å². The predicted octanol–water partition coefficient (Wildman–Crippen LogP) is 2.40. The van der Waals surface area contributed by atoms with Crippen LogP contribution in [0.2, 0.25) is 0 Å². The van der Waals surface area contributed by atoms with Crippen LogP contribution in [-0.4, -0.2) is 17.9 Å². The third kappa shape index (κ3) is 3.35. The molecule has 2 amide bonds. The van der Waals surface area contributed by atoms with Gasteiger partial charge in [-0.2, -0.15) is 0 Å². The maximum Gasteiger partial charge on any atom is 0.261 e. The molecule has 0 aliphatic heterocycles. The highest BCUT2D eigenvalue weighted by Gasteiger charge is 2.27. The lowest BCUT2D eigenvalue weighted by Gasteiger charge is -2.33. The zero-order valence-corrected chi connectivity index (χ0v) is 12.1. The fraction of sp³-hybridized carbons (Fsp3) is 0.571. The van der Waals surface area contributed by atoms with E-state index in [1.807, 2.05) is 0 Å². The van der Waals surface area contributed by atoms with Gasteiger partial charge in [0.2, 0.25) is 5.91 Å². The van der Waals surface area contributed by atoms with E-state index in [0.29, 0.717) is 16.4 Å². The monoisotopic (exact) mass is 280 g/mol. The van der Waals surface area contributed by atoms with Crippen molar-refractivity contribution in [2.75, 3.05) is 0 Å². The van der Waals surface area contributed by atoms with Crippen LogP contribution in [0.5, 0.6) is 0 Å². The number of nitrogens with one attached hydrogen (secondary N) is 1. The van der Waals surface area contributed by atoms with Gasteiger partial charge in [-0.05, 0) is 37.2 Å². The Morgan fingerprint density at radius 3 is 2.68 bits per heavy atom. The first-order valence-corrected chi connectivity index (χ1v) is 7.54. The van der Waals surface area contributed by atoms with E-state index in [-0.39, 0.29) is 11.9 Å². The van der Waals surface area contributed by atoms with Gasteiger partial charge >= 0.3 is 0 Å². The van der Waals surface area contributed by atoms with Gasteiger partial charge in [-0.15, -0.1) is 11.3 Å². The molecule has 0 aromatic carbocycles. The predicted molar refractivity (Wildman–Crippen MR) is 76.3 cm³/mol. The molecule has 1 aromatic rings. The number of thiophene rings is 1. The number of carbonyl (C=O) groups excluding carboxylic acids is 2. The maximum absolute atomic E-state index is 12.1. The normalized spacial score (nSPS) is 26.9. The quantitative estimate of drug-likeness (QED) is 0.892. The first kappa shape index (κ1) is 14.1. The molecule has 1 aromatic heterocycles. The van der Waals surface area contributed by atoms with Crippen molar-refractivity contribution in [2.24, 2.45) is 17.6 Å². The van der Waals surface area contributed by atoms with Crippen molar-refractivity contribution in [3.63, 3.8) is 0 Å². The van der Waals surface area contributed by atoms with Gasteiger partial charge in [0.05, 0.1) is 10.4 Å². The minimum absolute atomic E-state index is 0.0936. The van der Waals surface area contributed by atoms with Crippen LogP contribution in [0, 0.1) is 11.8 Å². The number of rotatable bonds is 3. The summed E-state index contributed by atoms with van der Waals surface area (Å²) < 4.78 is 0. The van der Waals surface area contributed by atoms with Gasteiger partial charge in [0, 0.05) is 11.4 Å². The molecule has 1 heterocycles. The van der Waals surface area contributed by atoms with E-state index in [9.17, 15) is 9.59 Å². The van der Waals surface area contributed by atoms with Crippen LogP contribution < -0.4 is 11.1 Å². The minimum Gasteiger partial charge on any atom is -0.366 e. The summed E-state index contributed by atoms with van der Waals surface area (Å²) >= 11 is 1.26. The summed E-state index contributed by atoms with van der Waals surface area (Å²) in [7, 11) is 0. The Labute approximate surface area is 117 Å². The molecule has 104 valence electrons. The summed E-state index contributed by atoms with van der Waals surface area (Å²) in [5, 5.41) is 4.71. The lowest BCUT2D eigenvalue weighted by atomic mass is 9.80. The van der Waals surface area contributed by atoms with Crippen molar-refractivity contribution in [1.29, 1.82) is 0 Å². The smallest absolute Gasteiger partial charge is 0.261 e. The van der Waals surface area contributed by atoms with Crippen LogP contribution in [0.4, 0.5) is 0 Å². The van der Waals surface area contributed by atoms with Crippen molar-refractivity contribution in [2.45, 2.75) is 39.2 Å². The molecule has 2 rings (SSSR count). The van der Waals surface area contributed by atoms with Crippen molar-refractivity contribution >= 4 is 23.2 Å². The van der Waals surface area contributed by atoms with E-state index in [1.54, 1.807) is 11.4 Å². The van der Waals surface area contributed by atoms with E-state index < -0.39 is 5.91 Å². The van der Waals surface area contributed by atoms with E-state index in [1.165, 1.54) is 11.3 Å². The fourth-order valence-electron chi connectivity index (χ4n) is 2.70. The number of hydrogen-bond donors (Lipinski definition) is 2. The van der Waals surface area contributed by atoms with Crippen molar-refractivity contribution in [3.05, 3.63) is 21.9 Å². The topological polar surface area (TPSA) is 72.2 Å². The Bertz CT molecular complexity index is 484. The van der Waals surface area contributed by atoms with Crippen LogP contribution in [0.25, 0.3) is 0 Å². The van der Waals surface area contributed by atoms with E-state index in [4.69, 9.17) is 5.73 Å². The zero-order chi connectivity index (χ0) is 14.0. The molecule has 0 radical (unpaired) electrons. The molecule has 1 aliphatic carbocycles. The molecule has 0 spiro atoms. The average Bonchev–Trinajstić information content (AvgIpc) is 2.82. The molecule has 0 unspecified atom stereocenters. The lowest BCUT2D eigenvalue weighted by molar-refractivity contribution is 0.0903. The molecular formula is C14H20N2O2S. The largest absolute Gasteiger partial charge is 0.366 e. The van der Waals surface area contributed by atoms with Gasteiger partial charge < -0.3 is 11.1 Å². The highest BCUT2D eigenvalue weighted by Crippen LogP contribution is 2.29. The molecule has 3 atom stereocenters. The van der Waals surface area contributed by atoms with Crippen molar-refractivity contribution in [1.82, 2.24) is 5.32 Å². The second-order valence-electron chi connectivity index (χ2n) is 5.54.